The number of carbonyl (C=O) groups is 1. The number of likely N-dealkylation sites (N-methyl/N-ethyl adjacent to an activating group) is 1. The fourth-order valence-electron chi connectivity index (χ4n) is 2.26. The highest BCUT2D eigenvalue weighted by Crippen LogP contribution is 2.34. The summed E-state index contributed by atoms with van der Waals surface area (Å²) in [5.74, 6) is 1.47. The van der Waals surface area contributed by atoms with E-state index in [-0.39, 0.29) is 5.91 Å². The quantitative estimate of drug-likeness (QED) is 0.651. The summed E-state index contributed by atoms with van der Waals surface area (Å²) in [5.41, 5.74) is 4.90. The van der Waals surface area contributed by atoms with Crippen molar-refractivity contribution in [1.82, 2.24) is 10.2 Å². The Balaban J connectivity index is 1.90. The molecule has 1 amide bonds. The van der Waals surface area contributed by atoms with Crippen LogP contribution in [0.2, 0.25) is 0 Å². The summed E-state index contributed by atoms with van der Waals surface area (Å²) in [6.07, 6.45) is 5.42. The molecule has 0 saturated heterocycles. The van der Waals surface area contributed by atoms with Crippen LogP contribution < -0.4 is 11.1 Å². The Kier molecular flexibility index (Phi) is 3.73. The highest BCUT2D eigenvalue weighted by atomic mass is 16.1. The number of hydrogen-bond donors (Lipinski definition) is 2. The van der Waals surface area contributed by atoms with Gasteiger partial charge in [0, 0.05) is 19.6 Å². The predicted octanol–water partition coefficient (Wildman–Crippen LogP) is 0.572. The molecule has 3 N–H and O–H groups in total. The van der Waals surface area contributed by atoms with Gasteiger partial charge >= 0.3 is 0 Å². The van der Waals surface area contributed by atoms with Crippen LogP contribution in [-0.2, 0) is 4.79 Å². The standard InChI is InChI=1S/C13H25N3O/c1-13(15-2,12(14)17)9-16(7-10-3-4-10)8-11-5-6-11/h10-11,15H,3-9H2,1-2H3,(H2,14,17). The predicted molar refractivity (Wildman–Crippen MR) is 68.5 cm³/mol. The molecular weight excluding hydrogens is 214 g/mol. The second-order valence-electron chi connectivity index (χ2n) is 6.03. The Morgan fingerprint density at radius 2 is 1.76 bits per heavy atom. The first-order valence-electron chi connectivity index (χ1n) is 6.74. The van der Waals surface area contributed by atoms with Crippen molar-refractivity contribution in [2.24, 2.45) is 17.6 Å². The van der Waals surface area contributed by atoms with Crippen molar-refractivity contribution in [2.75, 3.05) is 26.7 Å². The first kappa shape index (κ1) is 12.8. The Labute approximate surface area is 104 Å². The molecule has 0 aromatic rings. The minimum absolute atomic E-state index is 0.253. The summed E-state index contributed by atoms with van der Waals surface area (Å²) in [6, 6.07) is 0. The molecule has 1 atom stereocenters. The minimum Gasteiger partial charge on any atom is -0.368 e. The molecule has 0 radical (unpaired) electrons. The van der Waals surface area contributed by atoms with Crippen molar-refractivity contribution < 1.29 is 4.79 Å². The van der Waals surface area contributed by atoms with Gasteiger partial charge in [-0.1, -0.05) is 0 Å². The van der Waals surface area contributed by atoms with Crippen LogP contribution >= 0.6 is 0 Å². The summed E-state index contributed by atoms with van der Waals surface area (Å²) >= 11 is 0. The smallest absolute Gasteiger partial charge is 0.238 e. The van der Waals surface area contributed by atoms with Gasteiger partial charge in [0.15, 0.2) is 0 Å². The van der Waals surface area contributed by atoms with Crippen LogP contribution in [0.5, 0.6) is 0 Å². The molecule has 4 heteroatoms. The molecule has 0 heterocycles. The maximum Gasteiger partial charge on any atom is 0.238 e. The van der Waals surface area contributed by atoms with Gasteiger partial charge in [0.25, 0.3) is 0 Å². The van der Waals surface area contributed by atoms with E-state index in [1.54, 1.807) is 0 Å². The molecule has 2 saturated carbocycles. The molecule has 0 aromatic heterocycles. The lowest BCUT2D eigenvalue weighted by atomic mass is 10.0. The SMILES string of the molecule is CNC(C)(CN(CC1CC1)CC1CC1)C(N)=O. The van der Waals surface area contributed by atoms with Crippen LogP contribution in [0.25, 0.3) is 0 Å². The summed E-state index contributed by atoms with van der Waals surface area (Å²) < 4.78 is 0. The van der Waals surface area contributed by atoms with Gasteiger partial charge in [-0.05, 0) is 51.5 Å². The normalized spacial score (nSPS) is 23.7. The van der Waals surface area contributed by atoms with Crippen molar-refractivity contribution >= 4 is 5.91 Å². The zero-order valence-corrected chi connectivity index (χ0v) is 11.0. The fourth-order valence-corrected chi connectivity index (χ4v) is 2.26. The third-order valence-electron chi connectivity index (χ3n) is 4.06. The second-order valence-corrected chi connectivity index (χ2v) is 6.03. The van der Waals surface area contributed by atoms with Crippen LogP contribution in [0.4, 0.5) is 0 Å². The largest absolute Gasteiger partial charge is 0.368 e. The first-order valence-corrected chi connectivity index (χ1v) is 6.74. The van der Waals surface area contributed by atoms with Crippen molar-refractivity contribution in [3.05, 3.63) is 0 Å². The Morgan fingerprint density at radius 1 is 1.29 bits per heavy atom. The topological polar surface area (TPSA) is 58.4 Å². The number of carbonyl (C=O) groups excluding carboxylic acids is 1. The average molecular weight is 239 g/mol. The maximum absolute atomic E-state index is 11.5. The van der Waals surface area contributed by atoms with Crippen LogP contribution in [0.15, 0.2) is 0 Å². The molecule has 2 aliphatic rings. The molecule has 4 nitrogen and oxygen atoms in total. The van der Waals surface area contributed by atoms with Gasteiger partial charge in [-0.3, -0.25) is 4.79 Å². The number of hydrogen-bond acceptors (Lipinski definition) is 3. The molecule has 0 bridgehead atoms. The highest BCUT2D eigenvalue weighted by molar-refractivity contribution is 5.84. The van der Waals surface area contributed by atoms with Crippen molar-refractivity contribution in [3.8, 4) is 0 Å². The van der Waals surface area contributed by atoms with E-state index in [0.717, 1.165) is 31.5 Å². The number of nitrogens with zero attached hydrogens (tertiary/aromatic N) is 1. The van der Waals surface area contributed by atoms with Crippen molar-refractivity contribution in [2.45, 2.75) is 38.1 Å². The van der Waals surface area contributed by atoms with Crippen molar-refractivity contribution in [3.63, 3.8) is 0 Å². The van der Waals surface area contributed by atoms with Crippen LogP contribution in [0, 0.1) is 11.8 Å². The van der Waals surface area contributed by atoms with E-state index in [4.69, 9.17) is 5.73 Å². The van der Waals surface area contributed by atoms with Gasteiger partial charge in [0.1, 0.15) is 5.54 Å². The summed E-state index contributed by atoms with van der Waals surface area (Å²) in [7, 11) is 1.82. The fraction of sp³-hybridized carbons (Fsp3) is 0.923. The second kappa shape index (κ2) is 4.94. The van der Waals surface area contributed by atoms with Gasteiger partial charge in [-0.25, -0.2) is 0 Å². The Hall–Kier alpha value is -0.610. The van der Waals surface area contributed by atoms with Gasteiger partial charge in [-0.15, -0.1) is 0 Å². The molecule has 98 valence electrons. The lowest BCUT2D eigenvalue weighted by molar-refractivity contribution is -0.124. The molecular formula is C13H25N3O. The Bertz CT molecular complexity index is 272. The number of nitrogens with two attached hydrogens (primary N) is 1. The van der Waals surface area contributed by atoms with Crippen LogP contribution in [0.3, 0.4) is 0 Å². The number of nitrogens with one attached hydrogen (secondary N) is 1. The van der Waals surface area contributed by atoms with E-state index >= 15 is 0 Å². The minimum atomic E-state index is -0.593. The Morgan fingerprint density at radius 3 is 2.06 bits per heavy atom. The van der Waals surface area contributed by atoms with E-state index in [0.29, 0.717) is 0 Å². The summed E-state index contributed by atoms with van der Waals surface area (Å²) in [6.45, 7) is 4.93. The molecule has 1 unspecified atom stereocenters. The molecule has 2 fully saturated rings. The van der Waals surface area contributed by atoms with E-state index < -0.39 is 5.54 Å². The molecule has 0 aromatic carbocycles. The van der Waals surface area contributed by atoms with Gasteiger partial charge in [-0.2, -0.15) is 0 Å². The molecule has 2 aliphatic carbocycles. The third kappa shape index (κ3) is 3.68. The first-order chi connectivity index (χ1) is 8.03. The lowest BCUT2D eigenvalue weighted by Gasteiger charge is -2.33. The van der Waals surface area contributed by atoms with E-state index in [1.165, 1.54) is 25.7 Å². The molecule has 17 heavy (non-hydrogen) atoms. The van der Waals surface area contributed by atoms with E-state index in [2.05, 4.69) is 10.2 Å². The van der Waals surface area contributed by atoms with Gasteiger partial charge < -0.3 is 16.0 Å². The van der Waals surface area contributed by atoms with Gasteiger partial charge in [0.05, 0.1) is 0 Å². The maximum atomic E-state index is 11.5. The third-order valence-corrected chi connectivity index (χ3v) is 4.06. The van der Waals surface area contributed by atoms with E-state index in [9.17, 15) is 4.79 Å². The average Bonchev–Trinajstić information content (AvgIpc) is 3.13. The van der Waals surface area contributed by atoms with Crippen LogP contribution in [-0.4, -0.2) is 43.0 Å². The molecule has 2 rings (SSSR count). The monoisotopic (exact) mass is 239 g/mol. The zero-order chi connectivity index (χ0) is 12.5. The molecule has 0 spiro atoms. The highest BCUT2D eigenvalue weighted by Gasteiger charge is 2.36. The zero-order valence-electron chi connectivity index (χ0n) is 11.0. The number of rotatable bonds is 8. The summed E-state index contributed by atoms with van der Waals surface area (Å²) in [5, 5.41) is 3.08. The van der Waals surface area contributed by atoms with Gasteiger partial charge in [0.2, 0.25) is 5.91 Å². The molecule has 0 aliphatic heterocycles. The van der Waals surface area contributed by atoms with Crippen LogP contribution in [0.1, 0.15) is 32.6 Å². The number of amides is 1. The number of primary amides is 1. The van der Waals surface area contributed by atoms with E-state index in [1.807, 2.05) is 14.0 Å². The lowest BCUT2D eigenvalue weighted by Crippen LogP contribution is -2.58. The van der Waals surface area contributed by atoms with Crippen molar-refractivity contribution in [1.29, 1.82) is 0 Å². The summed E-state index contributed by atoms with van der Waals surface area (Å²) in [4.78, 5) is 14.0.